The molecule has 5 heteroatoms. The van der Waals surface area contributed by atoms with Gasteiger partial charge in [0.05, 0.1) is 6.10 Å². The predicted octanol–water partition coefficient (Wildman–Crippen LogP) is 2.36. The summed E-state index contributed by atoms with van der Waals surface area (Å²) in [5.41, 5.74) is 0.363. The highest BCUT2D eigenvalue weighted by Crippen LogP contribution is 2.18. The van der Waals surface area contributed by atoms with Crippen molar-refractivity contribution in [3.05, 3.63) is 21.5 Å². The normalized spacial score (nSPS) is 20.2. The minimum Gasteiger partial charge on any atom is -0.477 e. The first kappa shape index (κ1) is 11.9. The second-order valence-corrected chi connectivity index (χ2v) is 5.21. The van der Waals surface area contributed by atoms with E-state index >= 15 is 0 Å². The first-order valence-corrected chi connectivity index (χ1v) is 6.45. The summed E-state index contributed by atoms with van der Waals surface area (Å²) in [5.74, 6) is -0.866. The summed E-state index contributed by atoms with van der Waals surface area (Å²) in [7, 11) is 0. The number of carboxylic acids is 1. The zero-order valence-electron chi connectivity index (χ0n) is 8.86. The lowest BCUT2D eigenvalue weighted by Gasteiger charge is -2.10. The third-order valence-electron chi connectivity index (χ3n) is 2.80. The first-order chi connectivity index (χ1) is 7.66. The smallest absolute Gasteiger partial charge is 0.352 e. The van der Waals surface area contributed by atoms with Gasteiger partial charge in [0.15, 0.2) is 0 Å². The van der Waals surface area contributed by atoms with Gasteiger partial charge in [-0.25, -0.2) is 4.79 Å². The van der Waals surface area contributed by atoms with E-state index in [1.165, 1.54) is 0 Å². The molecule has 0 bridgehead atoms. The van der Waals surface area contributed by atoms with Crippen molar-refractivity contribution in [3.63, 3.8) is 0 Å². The fourth-order valence-corrected chi connectivity index (χ4v) is 2.63. The molecule has 1 aromatic heterocycles. The maximum absolute atomic E-state index is 11.0. The molecule has 88 valence electrons. The van der Waals surface area contributed by atoms with Gasteiger partial charge < -0.3 is 14.4 Å². The van der Waals surface area contributed by atoms with Crippen LogP contribution in [0.25, 0.3) is 0 Å². The Balaban J connectivity index is 1.99. The van der Waals surface area contributed by atoms with Gasteiger partial charge in [-0.3, -0.25) is 0 Å². The van der Waals surface area contributed by atoms with Crippen molar-refractivity contribution in [2.24, 2.45) is 0 Å². The Morgan fingerprint density at radius 2 is 2.50 bits per heavy atom. The van der Waals surface area contributed by atoms with Gasteiger partial charge in [-0.15, -0.1) is 0 Å². The number of carbonyl (C=O) groups is 1. The number of aromatic nitrogens is 1. The van der Waals surface area contributed by atoms with Crippen LogP contribution in [0.3, 0.4) is 0 Å². The minimum absolute atomic E-state index is 0.307. The Morgan fingerprint density at radius 3 is 3.12 bits per heavy atom. The monoisotopic (exact) mass is 335 g/mol. The molecule has 16 heavy (non-hydrogen) atoms. The average molecular weight is 335 g/mol. The Bertz CT molecular complexity index is 383. The summed E-state index contributed by atoms with van der Waals surface area (Å²) in [6.45, 7) is 1.56. The minimum atomic E-state index is -0.866. The van der Waals surface area contributed by atoms with Crippen LogP contribution in [-0.4, -0.2) is 28.4 Å². The van der Waals surface area contributed by atoms with Gasteiger partial charge in [-0.05, 0) is 47.9 Å². The molecule has 2 rings (SSSR count). The number of aryl methyl sites for hydroxylation is 1. The Labute approximate surface area is 108 Å². The van der Waals surface area contributed by atoms with Gasteiger partial charge in [-0.1, -0.05) is 0 Å². The lowest BCUT2D eigenvalue weighted by Crippen LogP contribution is -2.13. The topological polar surface area (TPSA) is 51.5 Å². The molecule has 0 saturated carbocycles. The fraction of sp³-hybridized carbons (Fsp3) is 0.545. The molecule has 1 aliphatic rings. The number of nitrogens with zero attached hydrogens (tertiary/aromatic N) is 1. The van der Waals surface area contributed by atoms with Crippen LogP contribution in [0.1, 0.15) is 29.8 Å². The van der Waals surface area contributed by atoms with Crippen LogP contribution < -0.4 is 0 Å². The van der Waals surface area contributed by atoms with Gasteiger partial charge in [-0.2, -0.15) is 0 Å². The number of aromatic carboxylic acids is 1. The molecule has 1 N–H and O–H groups in total. The Kier molecular flexibility index (Phi) is 3.86. The van der Waals surface area contributed by atoms with Crippen molar-refractivity contribution in [1.82, 2.24) is 4.57 Å². The molecule has 1 aromatic rings. The average Bonchev–Trinajstić information content (AvgIpc) is 2.83. The number of halogens is 1. The second kappa shape index (κ2) is 5.18. The summed E-state index contributed by atoms with van der Waals surface area (Å²) >= 11 is 2.13. The Hall–Kier alpha value is -0.560. The van der Waals surface area contributed by atoms with E-state index in [0.717, 1.165) is 36.0 Å². The Morgan fingerprint density at radius 1 is 1.69 bits per heavy atom. The molecular weight excluding hydrogens is 321 g/mol. The van der Waals surface area contributed by atoms with E-state index in [2.05, 4.69) is 22.6 Å². The van der Waals surface area contributed by atoms with Crippen LogP contribution in [0, 0.1) is 3.57 Å². The molecule has 1 atom stereocenters. The van der Waals surface area contributed by atoms with E-state index in [-0.39, 0.29) is 0 Å². The molecule has 0 aromatic carbocycles. The molecule has 0 aliphatic carbocycles. The number of rotatable bonds is 4. The van der Waals surface area contributed by atoms with Crippen LogP contribution in [0.2, 0.25) is 0 Å². The summed E-state index contributed by atoms with van der Waals surface area (Å²) in [6.07, 6.45) is 5.30. The van der Waals surface area contributed by atoms with Crippen LogP contribution in [0.5, 0.6) is 0 Å². The van der Waals surface area contributed by atoms with Gasteiger partial charge in [0, 0.05) is 22.9 Å². The van der Waals surface area contributed by atoms with Crippen molar-refractivity contribution < 1.29 is 14.6 Å². The molecular formula is C11H14INO3. The quantitative estimate of drug-likeness (QED) is 0.860. The van der Waals surface area contributed by atoms with E-state index in [9.17, 15) is 4.79 Å². The van der Waals surface area contributed by atoms with Gasteiger partial charge in [0.2, 0.25) is 0 Å². The van der Waals surface area contributed by atoms with E-state index in [0.29, 0.717) is 11.8 Å². The lowest BCUT2D eigenvalue weighted by atomic mass is 10.2. The fourth-order valence-electron chi connectivity index (χ4n) is 1.99. The summed E-state index contributed by atoms with van der Waals surface area (Å²) in [6, 6.07) is 1.69. The molecule has 1 unspecified atom stereocenters. The van der Waals surface area contributed by atoms with Crippen LogP contribution >= 0.6 is 22.6 Å². The summed E-state index contributed by atoms with van der Waals surface area (Å²) < 4.78 is 8.28. The maximum Gasteiger partial charge on any atom is 0.352 e. The molecule has 1 aliphatic heterocycles. The highest BCUT2D eigenvalue weighted by Gasteiger charge is 2.17. The van der Waals surface area contributed by atoms with E-state index in [1.807, 2.05) is 6.20 Å². The van der Waals surface area contributed by atoms with Crippen molar-refractivity contribution in [1.29, 1.82) is 0 Å². The predicted molar refractivity (Wildman–Crippen MR) is 67.7 cm³/mol. The van der Waals surface area contributed by atoms with Gasteiger partial charge in [0.1, 0.15) is 5.69 Å². The van der Waals surface area contributed by atoms with Gasteiger partial charge >= 0.3 is 5.97 Å². The largest absolute Gasteiger partial charge is 0.477 e. The number of hydrogen-bond acceptors (Lipinski definition) is 2. The third kappa shape index (κ3) is 2.76. The van der Waals surface area contributed by atoms with E-state index in [1.54, 1.807) is 10.6 Å². The number of carboxylic acid groups (broad SMARTS) is 1. The number of ether oxygens (including phenoxy) is 1. The zero-order valence-corrected chi connectivity index (χ0v) is 11.0. The first-order valence-electron chi connectivity index (χ1n) is 5.37. The maximum atomic E-state index is 11.0. The lowest BCUT2D eigenvalue weighted by molar-refractivity contribution is 0.0680. The second-order valence-electron chi connectivity index (χ2n) is 3.97. The molecule has 0 radical (unpaired) electrons. The van der Waals surface area contributed by atoms with Gasteiger partial charge in [0.25, 0.3) is 0 Å². The van der Waals surface area contributed by atoms with Crippen molar-refractivity contribution in [2.75, 3.05) is 6.61 Å². The molecule has 2 heterocycles. The van der Waals surface area contributed by atoms with Crippen molar-refractivity contribution >= 4 is 28.6 Å². The van der Waals surface area contributed by atoms with Crippen molar-refractivity contribution in [3.8, 4) is 0 Å². The molecule has 1 saturated heterocycles. The highest BCUT2D eigenvalue weighted by molar-refractivity contribution is 14.1. The zero-order chi connectivity index (χ0) is 11.5. The highest BCUT2D eigenvalue weighted by atomic mass is 127. The molecule has 0 spiro atoms. The summed E-state index contributed by atoms with van der Waals surface area (Å²) in [4.78, 5) is 11.0. The molecule has 4 nitrogen and oxygen atoms in total. The van der Waals surface area contributed by atoms with Crippen molar-refractivity contribution in [2.45, 2.75) is 31.9 Å². The van der Waals surface area contributed by atoms with E-state index < -0.39 is 5.97 Å². The number of hydrogen-bond donors (Lipinski definition) is 1. The molecule has 1 fully saturated rings. The van der Waals surface area contributed by atoms with Crippen LogP contribution in [0.15, 0.2) is 12.3 Å². The van der Waals surface area contributed by atoms with Crippen LogP contribution in [-0.2, 0) is 11.3 Å². The standard InChI is InChI=1S/C11H14INO3/c12-8-6-10(11(14)15)13(7-8)4-3-9-2-1-5-16-9/h6-7,9H,1-5H2,(H,14,15). The summed E-state index contributed by atoms with van der Waals surface area (Å²) in [5, 5.41) is 9.02. The van der Waals surface area contributed by atoms with E-state index in [4.69, 9.17) is 9.84 Å². The molecule has 0 amide bonds. The SMILES string of the molecule is O=C(O)c1cc(I)cn1CCC1CCCO1. The third-order valence-corrected chi connectivity index (χ3v) is 3.39. The van der Waals surface area contributed by atoms with Crippen LogP contribution in [0.4, 0.5) is 0 Å².